The van der Waals surface area contributed by atoms with E-state index in [0.29, 0.717) is 29.4 Å². The number of fused-ring (bicyclic) bond motifs is 1. The molecule has 0 saturated heterocycles. The molecule has 0 aliphatic heterocycles. The normalized spacial score (nSPS) is 11.9. The van der Waals surface area contributed by atoms with Gasteiger partial charge in [-0.1, -0.05) is 35.0 Å². The molecule has 0 radical (unpaired) electrons. The maximum Gasteiger partial charge on any atom is 0.416 e. The first-order valence-corrected chi connectivity index (χ1v) is 10.4. The Morgan fingerprint density at radius 3 is 2.61 bits per heavy atom. The predicted octanol–water partition coefficient (Wildman–Crippen LogP) is 5.38. The van der Waals surface area contributed by atoms with Crippen LogP contribution in [0.25, 0.3) is 16.8 Å². The Balaban J connectivity index is 1.62. The van der Waals surface area contributed by atoms with E-state index in [0.717, 1.165) is 12.1 Å². The molecule has 0 N–H and O–H groups in total. The summed E-state index contributed by atoms with van der Waals surface area (Å²) >= 11 is 5.83. The van der Waals surface area contributed by atoms with Crippen molar-refractivity contribution in [2.45, 2.75) is 19.1 Å². The first kappa shape index (κ1) is 22.5. The summed E-state index contributed by atoms with van der Waals surface area (Å²) in [5.74, 6) is 0.534. The van der Waals surface area contributed by atoms with Crippen LogP contribution in [-0.2, 0) is 12.7 Å². The van der Waals surface area contributed by atoms with Gasteiger partial charge in [-0.25, -0.2) is 9.36 Å². The summed E-state index contributed by atoms with van der Waals surface area (Å²) < 4.78 is 42.7. The highest BCUT2D eigenvalue weighted by atomic mass is 35.5. The maximum absolute atomic E-state index is 13.2. The van der Waals surface area contributed by atoms with Gasteiger partial charge in [0.25, 0.3) is 5.65 Å². The van der Waals surface area contributed by atoms with Gasteiger partial charge >= 0.3 is 11.7 Å². The average Bonchev–Trinajstić information content (AvgIpc) is 2.81. The quantitative estimate of drug-likeness (QED) is 0.215. The van der Waals surface area contributed by atoms with E-state index < -0.39 is 17.3 Å². The van der Waals surface area contributed by atoms with Crippen LogP contribution < -0.4 is 15.0 Å². The van der Waals surface area contributed by atoms with Crippen molar-refractivity contribution < 1.29 is 22.6 Å². The monoisotopic (exact) mass is 472 g/mol. The molecule has 0 aliphatic rings. The summed E-state index contributed by atoms with van der Waals surface area (Å²) in [6.45, 7) is 0.424. The molecule has 0 spiro atoms. The molecule has 9 heteroatoms. The summed E-state index contributed by atoms with van der Waals surface area (Å²) in [5, 5.41) is 4.52. The molecule has 0 bridgehead atoms. The summed E-state index contributed by atoms with van der Waals surface area (Å²) in [4.78, 5) is 18.3. The number of alkyl halides is 3. The van der Waals surface area contributed by atoms with Crippen LogP contribution in [0.2, 0.25) is 5.02 Å². The van der Waals surface area contributed by atoms with Gasteiger partial charge in [-0.3, -0.25) is 0 Å². The van der Waals surface area contributed by atoms with Crippen LogP contribution in [0.3, 0.4) is 0 Å². The number of rotatable bonds is 6. The number of nitrogens with zero attached hydrogens (tertiary/aromatic N) is 3. The third-order valence-electron chi connectivity index (χ3n) is 4.91. The maximum atomic E-state index is 13.2. The van der Waals surface area contributed by atoms with Gasteiger partial charge in [0.15, 0.2) is 5.75 Å². The van der Waals surface area contributed by atoms with Gasteiger partial charge < -0.3 is 4.84 Å². The van der Waals surface area contributed by atoms with Crippen molar-refractivity contribution in [3.05, 3.63) is 100 Å². The van der Waals surface area contributed by atoms with E-state index in [1.807, 2.05) is 0 Å². The van der Waals surface area contributed by atoms with Crippen molar-refractivity contribution in [1.29, 1.82) is 0 Å². The minimum atomic E-state index is -4.50. The molecule has 4 aromatic rings. The Morgan fingerprint density at radius 2 is 1.85 bits per heavy atom. The van der Waals surface area contributed by atoms with Gasteiger partial charge in [-0.2, -0.15) is 17.6 Å². The number of pyridine rings is 1. The van der Waals surface area contributed by atoms with E-state index in [2.05, 4.69) is 5.16 Å². The highest BCUT2D eigenvalue weighted by Gasteiger charge is 2.31. The lowest BCUT2D eigenvalue weighted by Gasteiger charge is -2.09. The summed E-state index contributed by atoms with van der Waals surface area (Å²) in [6, 6.07) is 16.7. The zero-order valence-corrected chi connectivity index (χ0v) is 17.9. The second-order valence-corrected chi connectivity index (χ2v) is 7.61. The molecule has 0 unspecified atom stereocenters. The minimum absolute atomic E-state index is 0.166. The van der Waals surface area contributed by atoms with Crippen molar-refractivity contribution in [3.63, 3.8) is 0 Å². The van der Waals surface area contributed by atoms with Crippen LogP contribution in [0.4, 0.5) is 13.2 Å². The van der Waals surface area contributed by atoms with E-state index in [1.54, 1.807) is 65.6 Å². The van der Waals surface area contributed by atoms with Crippen LogP contribution in [0, 0.1) is 0 Å². The number of oxime groups is 1. The SMILES string of the molecule is O=c1c(-c2cccc(C(F)(F)F)c2)c[n+](CCC=NOc2ccc(Cl)cc2)c2ccccn12. The predicted molar refractivity (Wildman–Crippen MR) is 119 cm³/mol. The summed E-state index contributed by atoms with van der Waals surface area (Å²) in [6.07, 6.45) is 0.697. The fraction of sp³-hybridized carbons (Fsp3) is 0.125. The fourth-order valence-corrected chi connectivity index (χ4v) is 3.46. The molecule has 0 aliphatic carbocycles. The smallest absolute Gasteiger partial charge is 0.357 e. The topological polar surface area (TPSA) is 47.0 Å². The lowest BCUT2D eigenvalue weighted by molar-refractivity contribution is -0.672. The van der Waals surface area contributed by atoms with Crippen molar-refractivity contribution in [1.82, 2.24) is 4.40 Å². The lowest BCUT2D eigenvalue weighted by Crippen LogP contribution is -2.40. The van der Waals surface area contributed by atoms with Gasteiger partial charge in [0.2, 0.25) is 0 Å². The van der Waals surface area contributed by atoms with Crippen molar-refractivity contribution >= 4 is 23.5 Å². The highest BCUT2D eigenvalue weighted by Crippen LogP contribution is 2.31. The van der Waals surface area contributed by atoms with Gasteiger partial charge in [-0.05, 0) is 48.0 Å². The fourth-order valence-electron chi connectivity index (χ4n) is 3.33. The van der Waals surface area contributed by atoms with Gasteiger partial charge in [-0.15, -0.1) is 0 Å². The van der Waals surface area contributed by atoms with E-state index in [4.69, 9.17) is 16.4 Å². The Bertz CT molecular complexity index is 1370. The molecule has 168 valence electrons. The molecule has 0 fully saturated rings. The molecular weight excluding hydrogens is 455 g/mol. The van der Waals surface area contributed by atoms with Gasteiger partial charge in [0.05, 0.1) is 18.3 Å². The molecule has 0 saturated carbocycles. The van der Waals surface area contributed by atoms with Crippen LogP contribution in [0.15, 0.2) is 89.1 Å². The molecule has 0 amide bonds. The second-order valence-electron chi connectivity index (χ2n) is 7.17. The Labute approximate surface area is 191 Å². The van der Waals surface area contributed by atoms with Gasteiger partial charge in [0.1, 0.15) is 11.8 Å². The molecule has 33 heavy (non-hydrogen) atoms. The van der Waals surface area contributed by atoms with Crippen LogP contribution in [0.5, 0.6) is 5.75 Å². The van der Waals surface area contributed by atoms with Crippen molar-refractivity contribution in [3.8, 4) is 16.9 Å². The van der Waals surface area contributed by atoms with Crippen molar-refractivity contribution in [2.24, 2.45) is 5.16 Å². The van der Waals surface area contributed by atoms with E-state index in [-0.39, 0.29) is 11.1 Å². The third kappa shape index (κ3) is 5.23. The number of hydrogen-bond acceptors (Lipinski definition) is 3. The van der Waals surface area contributed by atoms with E-state index >= 15 is 0 Å². The number of benzene rings is 2. The first-order valence-electron chi connectivity index (χ1n) is 9.99. The molecule has 4 rings (SSSR count). The largest absolute Gasteiger partial charge is 0.416 e. The number of aromatic nitrogens is 2. The molecular formula is C24H18ClF3N3O2+. The van der Waals surface area contributed by atoms with Gasteiger partial charge in [0, 0.05) is 23.7 Å². The Hall–Kier alpha value is -3.65. The standard InChI is InChI=1S/C24H18ClF3N3O2/c25-19-8-10-20(11-9-19)33-29-12-4-13-30-16-21(23(32)31-14-2-1-7-22(30)31)17-5-3-6-18(15-17)24(26,27)28/h1-3,5-12,14-16H,4,13H2/q+1. The Morgan fingerprint density at radius 1 is 1.06 bits per heavy atom. The minimum Gasteiger partial charge on any atom is -0.357 e. The first-order chi connectivity index (χ1) is 15.8. The average molecular weight is 473 g/mol. The zero-order chi connectivity index (χ0) is 23.4. The van der Waals surface area contributed by atoms with Crippen LogP contribution in [-0.4, -0.2) is 10.6 Å². The molecule has 5 nitrogen and oxygen atoms in total. The molecule has 2 heterocycles. The van der Waals surface area contributed by atoms with E-state index in [9.17, 15) is 18.0 Å². The van der Waals surface area contributed by atoms with Crippen molar-refractivity contribution in [2.75, 3.05) is 0 Å². The number of aryl methyl sites for hydroxylation is 1. The third-order valence-corrected chi connectivity index (χ3v) is 5.17. The Kier molecular flexibility index (Phi) is 6.46. The summed E-state index contributed by atoms with van der Waals surface area (Å²) in [7, 11) is 0. The second kappa shape index (κ2) is 9.46. The number of halogens is 4. The molecule has 2 aromatic carbocycles. The molecule has 2 aromatic heterocycles. The molecule has 0 atom stereocenters. The van der Waals surface area contributed by atoms with Crippen LogP contribution >= 0.6 is 11.6 Å². The summed E-state index contributed by atoms with van der Waals surface area (Å²) in [5.41, 5.74) is -0.248. The van der Waals surface area contributed by atoms with E-state index in [1.165, 1.54) is 16.5 Å². The lowest BCUT2D eigenvalue weighted by atomic mass is 10.1. The highest BCUT2D eigenvalue weighted by molar-refractivity contribution is 6.30. The number of hydrogen-bond donors (Lipinski definition) is 0. The zero-order valence-electron chi connectivity index (χ0n) is 17.2. The van der Waals surface area contributed by atoms with Crippen LogP contribution in [0.1, 0.15) is 12.0 Å².